The highest BCUT2D eigenvalue weighted by Gasteiger charge is 2.22. The molecule has 1 amide bonds. The van der Waals surface area contributed by atoms with Crippen molar-refractivity contribution in [2.75, 3.05) is 51.4 Å². The number of ether oxygens (including phenoxy) is 3. The maximum Gasteiger partial charge on any atom is 0.260 e. The molecule has 0 atom stereocenters. The van der Waals surface area contributed by atoms with E-state index >= 15 is 0 Å². The van der Waals surface area contributed by atoms with Crippen molar-refractivity contribution < 1.29 is 19.0 Å². The minimum Gasteiger partial charge on any atom is -0.497 e. The molecule has 0 saturated carbocycles. The van der Waals surface area contributed by atoms with Crippen LogP contribution in [-0.4, -0.2) is 67.5 Å². The Balaban J connectivity index is 1.25. The molecule has 8 nitrogen and oxygen atoms in total. The normalized spacial score (nSPS) is 13.5. The number of piperazine rings is 1. The number of benzene rings is 2. The fraction of sp³-hybridized carbons (Fsp3) is 0.346. The molecule has 0 aliphatic carbocycles. The van der Waals surface area contributed by atoms with Crippen molar-refractivity contribution in [3.63, 3.8) is 0 Å². The molecule has 4 rings (SSSR count). The van der Waals surface area contributed by atoms with Crippen molar-refractivity contribution in [1.29, 1.82) is 0 Å². The number of hydrogen-bond acceptors (Lipinski definition) is 7. The fourth-order valence-electron chi connectivity index (χ4n) is 3.70. The summed E-state index contributed by atoms with van der Waals surface area (Å²) in [4.78, 5) is 16.6. The van der Waals surface area contributed by atoms with Crippen molar-refractivity contribution in [1.82, 2.24) is 15.1 Å². The van der Waals surface area contributed by atoms with E-state index in [1.54, 1.807) is 7.11 Å². The first-order valence-electron chi connectivity index (χ1n) is 11.5. The van der Waals surface area contributed by atoms with Gasteiger partial charge in [0.15, 0.2) is 12.4 Å². The van der Waals surface area contributed by atoms with E-state index in [4.69, 9.17) is 14.2 Å². The molecule has 1 saturated heterocycles. The van der Waals surface area contributed by atoms with Gasteiger partial charge in [-0.3, -0.25) is 4.79 Å². The van der Waals surface area contributed by atoms with Gasteiger partial charge in [0, 0.05) is 31.7 Å². The number of methoxy groups -OCH3 is 1. The van der Waals surface area contributed by atoms with Crippen molar-refractivity contribution in [3.05, 3.63) is 60.7 Å². The Morgan fingerprint density at radius 3 is 2.26 bits per heavy atom. The summed E-state index contributed by atoms with van der Waals surface area (Å²) >= 11 is 0. The summed E-state index contributed by atoms with van der Waals surface area (Å²) in [6, 6.07) is 19.0. The van der Waals surface area contributed by atoms with Gasteiger partial charge in [0.25, 0.3) is 5.91 Å². The average Bonchev–Trinajstić information content (AvgIpc) is 2.91. The quantitative estimate of drug-likeness (QED) is 0.480. The van der Waals surface area contributed by atoms with Gasteiger partial charge in [-0.2, -0.15) is 0 Å². The number of rotatable bonds is 9. The monoisotopic (exact) mass is 462 g/mol. The number of aromatic nitrogens is 2. The predicted molar refractivity (Wildman–Crippen MR) is 131 cm³/mol. The summed E-state index contributed by atoms with van der Waals surface area (Å²) in [5.41, 5.74) is 1.75. The number of anilines is 1. The Morgan fingerprint density at radius 2 is 1.62 bits per heavy atom. The topological polar surface area (TPSA) is 77.0 Å². The summed E-state index contributed by atoms with van der Waals surface area (Å²) in [7, 11) is 1.64. The average molecular weight is 463 g/mol. The lowest BCUT2D eigenvalue weighted by molar-refractivity contribution is -0.133. The molecule has 1 aliphatic heterocycles. The van der Waals surface area contributed by atoms with Gasteiger partial charge in [0.1, 0.15) is 17.2 Å². The predicted octanol–water partition coefficient (Wildman–Crippen LogP) is 3.67. The number of amides is 1. The highest BCUT2D eigenvalue weighted by molar-refractivity contribution is 5.78. The third kappa shape index (κ3) is 5.95. The van der Waals surface area contributed by atoms with Crippen LogP contribution in [0.2, 0.25) is 0 Å². The minimum absolute atomic E-state index is 0.0181. The standard InChI is InChI=1S/C26H30N4O4/c1-3-17-33-21-7-9-22(10-8-21)34-19-26(31)30-15-13-29(14-16-30)25-12-11-24(27-28-25)20-5-4-6-23(18-20)32-2/h4-12,18H,3,13-17,19H2,1-2H3. The van der Waals surface area contributed by atoms with Crippen molar-refractivity contribution in [2.24, 2.45) is 0 Å². The molecule has 0 N–H and O–H groups in total. The van der Waals surface area contributed by atoms with Gasteiger partial charge in [-0.05, 0) is 55.0 Å². The summed E-state index contributed by atoms with van der Waals surface area (Å²) < 4.78 is 16.5. The zero-order chi connectivity index (χ0) is 23.8. The summed E-state index contributed by atoms with van der Waals surface area (Å²) in [5.74, 6) is 3.02. The van der Waals surface area contributed by atoms with Crippen LogP contribution in [0.15, 0.2) is 60.7 Å². The Morgan fingerprint density at radius 1 is 0.882 bits per heavy atom. The maximum absolute atomic E-state index is 12.6. The van der Waals surface area contributed by atoms with Crippen LogP contribution in [0.25, 0.3) is 11.3 Å². The molecule has 8 heteroatoms. The molecule has 1 aliphatic rings. The molecule has 1 aromatic heterocycles. The van der Waals surface area contributed by atoms with Crippen LogP contribution in [-0.2, 0) is 4.79 Å². The molecule has 0 bridgehead atoms. The first-order chi connectivity index (χ1) is 16.7. The van der Waals surface area contributed by atoms with Gasteiger partial charge in [0.2, 0.25) is 0 Å². The highest BCUT2D eigenvalue weighted by atomic mass is 16.5. The van der Waals surface area contributed by atoms with E-state index < -0.39 is 0 Å². The van der Waals surface area contributed by atoms with Crippen LogP contribution >= 0.6 is 0 Å². The Kier molecular flexibility index (Phi) is 7.80. The first kappa shape index (κ1) is 23.4. The van der Waals surface area contributed by atoms with Crippen LogP contribution in [0.1, 0.15) is 13.3 Å². The smallest absolute Gasteiger partial charge is 0.260 e. The fourth-order valence-corrected chi connectivity index (χ4v) is 3.70. The van der Waals surface area contributed by atoms with Gasteiger partial charge in [-0.1, -0.05) is 19.1 Å². The van der Waals surface area contributed by atoms with E-state index in [0.29, 0.717) is 38.5 Å². The minimum atomic E-state index is -0.0228. The van der Waals surface area contributed by atoms with Crippen molar-refractivity contribution in [3.8, 4) is 28.5 Å². The molecular formula is C26H30N4O4. The van der Waals surface area contributed by atoms with Crippen LogP contribution < -0.4 is 19.1 Å². The van der Waals surface area contributed by atoms with E-state index in [1.165, 1.54) is 0 Å². The summed E-state index contributed by atoms with van der Waals surface area (Å²) in [6.45, 7) is 5.39. The third-order valence-corrected chi connectivity index (χ3v) is 5.63. The molecule has 0 radical (unpaired) electrons. The maximum atomic E-state index is 12.6. The van der Waals surface area contributed by atoms with Gasteiger partial charge in [-0.25, -0.2) is 0 Å². The molecule has 2 heterocycles. The van der Waals surface area contributed by atoms with Crippen LogP contribution in [0.5, 0.6) is 17.2 Å². The van der Waals surface area contributed by atoms with E-state index in [9.17, 15) is 4.79 Å². The van der Waals surface area contributed by atoms with E-state index in [2.05, 4.69) is 22.0 Å². The zero-order valence-corrected chi connectivity index (χ0v) is 19.6. The second-order valence-electron chi connectivity index (χ2n) is 7.99. The molecule has 178 valence electrons. The molecule has 0 unspecified atom stereocenters. The SMILES string of the molecule is CCCOc1ccc(OCC(=O)N2CCN(c3ccc(-c4cccc(OC)c4)nn3)CC2)cc1. The molecule has 0 spiro atoms. The van der Waals surface area contributed by atoms with Crippen molar-refractivity contribution >= 4 is 11.7 Å². The van der Waals surface area contributed by atoms with Crippen molar-refractivity contribution in [2.45, 2.75) is 13.3 Å². The molecule has 1 fully saturated rings. The molecular weight excluding hydrogens is 432 g/mol. The van der Waals surface area contributed by atoms with Crippen LogP contribution in [0, 0.1) is 0 Å². The lowest BCUT2D eigenvalue weighted by Gasteiger charge is -2.35. The first-order valence-corrected chi connectivity index (χ1v) is 11.5. The number of hydrogen-bond donors (Lipinski definition) is 0. The Hall–Kier alpha value is -3.81. The largest absolute Gasteiger partial charge is 0.497 e. The van der Waals surface area contributed by atoms with Crippen LogP contribution in [0.3, 0.4) is 0 Å². The van der Waals surface area contributed by atoms with Gasteiger partial charge < -0.3 is 24.0 Å². The van der Waals surface area contributed by atoms with Gasteiger partial charge >= 0.3 is 0 Å². The van der Waals surface area contributed by atoms with E-state index in [0.717, 1.165) is 35.0 Å². The summed E-state index contributed by atoms with van der Waals surface area (Å²) in [6.07, 6.45) is 0.960. The Bertz CT molecular complexity index is 1060. The second-order valence-corrected chi connectivity index (χ2v) is 7.99. The summed E-state index contributed by atoms with van der Waals surface area (Å²) in [5, 5.41) is 8.79. The van der Waals surface area contributed by atoms with Gasteiger partial charge in [-0.15, -0.1) is 10.2 Å². The third-order valence-electron chi connectivity index (χ3n) is 5.63. The highest BCUT2D eigenvalue weighted by Crippen LogP contribution is 2.23. The number of carbonyl (C=O) groups excluding carboxylic acids is 1. The number of nitrogens with zero attached hydrogens (tertiary/aromatic N) is 4. The second kappa shape index (κ2) is 11.4. The van der Waals surface area contributed by atoms with Crippen LogP contribution in [0.4, 0.5) is 5.82 Å². The lowest BCUT2D eigenvalue weighted by atomic mass is 10.1. The van der Waals surface area contributed by atoms with E-state index in [-0.39, 0.29) is 12.5 Å². The molecule has 2 aromatic carbocycles. The zero-order valence-electron chi connectivity index (χ0n) is 19.6. The number of carbonyl (C=O) groups is 1. The lowest BCUT2D eigenvalue weighted by Crippen LogP contribution is -2.50. The molecule has 3 aromatic rings. The Labute approximate surface area is 200 Å². The molecule has 34 heavy (non-hydrogen) atoms. The van der Waals surface area contributed by atoms with Gasteiger partial charge in [0.05, 0.1) is 19.4 Å². The van der Waals surface area contributed by atoms with E-state index in [1.807, 2.05) is 65.6 Å².